The number of hydrogen-bond donors (Lipinski definition) is 0. The smallest absolute Gasteiger partial charge is 0.126 e. The summed E-state index contributed by atoms with van der Waals surface area (Å²) >= 11 is 0. The van der Waals surface area contributed by atoms with E-state index in [9.17, 15) is 0 Å². The van der Waals surface area contributed by atoms with Crippen molar-refractivity contribution >= 4 is 46.4 Å². The molecule has 0 fully saturated rings. The second-order valence-electron chi connectivity index (χ2n) is 17.3. The van der Waals surface area contributed by atoms with E-state index in [-0.39, 0.29) is 0 Å². The third kappa shape index (κ3) is 12.3. The Kier molecular flexibility index (Phi) is 18.3. The summed E-state index contributed by atoms with van der Waals surface area (Å²) in [5, 5.41) is 8.39. The molecule has 1 nitrogen and oxygen atoms in total. The van der Waals surface area contributed by atoms with Crippen LogP contribution >= 0.6 is 14.5 Å². The summed E-state index contributed by atoms with van der Waals surface area (Å²) in [4.78, 5) is 0. The fraction of sp³-hybridized carbons (Fsp3) is 0.300. The second-order valence-corrected chi connectivity index (χ2v) is 24.3. The van der Waals surface area contributed by atoms with Crippen LogP contribution in [0.4, 0.5) is 0 Å². The van der Waals surface area contributed by atoms with E-state index in [1.807, 2.05) is 0 Å². The molecule has 0 amide bonds. The van der Waals surface area contributed by atoms with Gasteiger partial charge in [0.05, 0.1) is 12.8 Å². The molecule has 0 aromatic heterocycles. The molecule has 0 saturated carbocycles. The number of hydrogen-bond acceptors (Lipinski definition) is 1. The Labute approximate surface area is 382 Å². The highest BCUT2D eigenvalue weighted by Crippen LogP contribution is 2.61. The summed E-state index contributed by atoms with van der Waals surface area (Å²) in [6, 6.07) is 75.0. The van der Waals surface area contributed by atoms with E-state index >= 15 is 0 Å². The minimum Gasteiger partial charge on any atom is -0.493 e. The minimum atomic E-state index is -2.15. The Bertz CT molecular complexity index is 2100. The Hall–Kier alpha value is -4.80. The zero-order chi connectivity index (χ0) is 43.3. The summed E-state index contributed by atoms with van der Waals surface area (Å²) in [5.41, 5.74) is 2.61. The van der Waals surface area contributed by atoms with Gasteiger partial charge in [-0.2, -0.15) is 0 Å². The molecule has 0 spiro atoms. The predicted octanol–water partition coefficient (Wildman–Crippen LogP) is 14.5. The van der Waals surface area contributed by atoms with Crippen molar-refractivity contribution in [3.05, 3.63) is 211 Å². The molecule has 0 unspecified atom stereocenters. The highest BCUT2D eigenvalue weighted by Gasteiger charge is 2.47. The van der Waals surface area contributed by atoms with Crippen LogP contribution in [0.3, 0.4) is 0 Å². The average molecular weight is 869 g/mol. The van der Waals surface area contributed by atoms with Crippen LogP contribution in [-0.2, 0) is 12.3 Å². The molecule has 7 rings (SSSR count). The maximum Gasteiger partial charge on any atom is 0.126 e. The molecule has 3 heteroatoms. The lowest BCUT2D eigenvalue weighted by Crippen LogP contribution is -2.33. The number of rotatable bonds is 26. The van der Waals surface area contributed by atoms with Gasteiger partial charge in [-0.15, -0.1) is 0 Å². The SMILES string of the molecule is CCCCCCCCCCCCCCCCOc1cc(C[P+](c2ccccc2)(c2ccccc2)c2ccccc2)ccc1C[P+](c1ccccc1)(c1ccccc1)c1ccccc1. The molecule has 0 atom stereocenters. The van der Waals surface area contributed by atoms with Crippen molar-refractivity contribution < 1.29 is 4.74 Å². The van der Waals surface area contributed by atoms with Gasteiger partial charge in [-0.3, -0.25) is 0 Å². The van der Waals surface area contributed by atoms with Gasteiger partial charge in [0.25, 0.3) is 0 Å². The first-order valence-electron chi connectivity index (χ1n) is 24.1. The molecule has 7 aromatic rings. The molecule has 0 bridgehead atoms. The van der Waals surface area contributed by atoms with E-state index in [2.05, 4.69) is 207 Å². The van der Waals surface area contributed by atoms with Crippen LogP contribution in [0.2, 0.25) is 0 Å². The standard InChI is InChI=1S/C60H70OP2/c1-2-3-4-5-6-7-8-9-10-11-12-13-14-33-48-61-60-49-52(50-62(54-34-21-15-22-35-54,55-36-23-16-24-37-55)56-38-25-17-26-39-56)46-47-53(60)51-63(57-40-27-18-28-41-57,58-42-29-19-30-43-58)59-44-31-20-32-45-59/h15-32,34-47,49H,2-14,33,48,50-51H2,1H3/q+2. The molecule has 7 aromatic carbocycles. The van der Waals surface area contributed by atoms with E-state index in [1.54, 1.807) is 0 Å². The molecule has 0 heterocycles. The monoisotopic (exact) mass is 868 g/mol. The summed E-state index contributed by atoms with van der Waals surface area (Å²) in [7, 11) is -4.26. The Morgan fingerprint density at radius 2 is 0.619 bits per heavy atom. The predicted molar refractivity (Wildman–Crippen MR) is 280 cm³/mol. The van der Waals surface area contributed by atoms with Crippen molar-refractivity contribution in [1.82, 2.24) is 0 Å². The van der Waals surface area contributed by atoms with Crippen LogP contribution in [0, 0.1) is 0 Å². The van der Waals surface area contributed by atoms with Crippen molar-refractivity contribution in [2.45, 2.75) is 109 Å². The first-order chi connectivity index (χ1) is 31.2. The Morgan fingerprint density at radius 3 is 0.952 bits per heavy atom. The van der Waals surface area contributed by atoms with Crippen LogP contribution in [0.5, 0.6) is 5.75 Å². The molecule has 0 radical (unpaired) electrons. The quantitative estimate of drug-likeness (QED) is 0.0389. The van der Waals surface area contributed by atoms with Gasteiger partial charge in [0.1, 0.15) is 58.3 Å². The highest BCUT2D eigenvalue weighted by atomic mass is 31.2. The maximum atomic E-state index is 7.10. The van der Waals surface area contributed by atoms with Crippen LogP contribution in [0.15, 0.2) is 200 Å². The van der Waals surface area contributed by atoms with E-state index in [0.717, 1.165) is 31.1 Å². The third-order valence-corrected chi connectivity index (χ3v) is 21.6. The highest BCUT2D eigenvalue weighted by molar-refractivity contribution is 7.95. The second kappa shape index (κ2) is 24.9. The fourth-order valence-corrected chi connectivity index (χ4v) is 18.0. The van der Waals surface area contributed by atoms with Crippen LogP contribution in [0.1, 0.15) is 108 Å². The van der Waals surface area contributed by atoms with E-state index < -0.39 is 14.5 Å². The van der Waals surface area contributed by atoms with Crippen LogP contribution in [-0.4, -0.2) is 6.61 Å². The summed E-state index contributed by atoms with van der Waals surface area (Å²) in [6.45, 7) is 3.04. The van der Waals surface area contributed by atoms with Gasteiger partial charge >= 0.3 is 0 Å². The largest absolute Gasteiger partial charge is 0.493 e. The molecular formula is C60H70OP2+2. The summed E-state index contributed by atoms with van der Waals surface area (Å²) in [6.07, 6.45) is 20.7. The molecule has 63 heavy (non-hydrogen) atoms. The Morgan fingerprint density at radius 1 is 0.317 bits per heavy atom. The Balaban J connectivity index is 1.19. The van der Waals surface area contributed by atoms with Gasteiger partial charge in [0, 0.05) is 5.56 Å². The van der Waals surface area contributed by atoms with Gasteiger partial charge in [-0.05, 0) is 90.8 Å². The van der Waals surface area contributed by atoms with E-state index in [1.165, 1.54) is 126 Å². The molecule has 324 valence electrons. The van der Waals surface area contributed by atoms with Crippen molar-refractivity contribution in [3.63, 3.8) is 0 Å². The average Bonchev–Trinajstić information content (AvgIpc) is 3.36. The summed E-state index contributed by atoms with van der Waals surface area (Å²) in [5.74, 6) is 1.04. The molecule has 0 aliphatic carbocycles. The zero-order valence-corrected chi connectivity index (χ0v) is 39.7. The van der Waals surface area contributed by atoms with Gasteiger partial charge < -0.3 is 4.74 Å². The van der Waals surface area contributed by atoms with Gasteiger partial charge in [-0.25, -0.2) is 0 Å². The molecular weight excluding hydrogens is 799 g/mol. The van der Waals surface area contributed by atoms with Gasteiger partial charge in [0.2, 0.25) is 0 Å². The first-order valence-corrected chi connectivity index (χ1v) is 28.0. The lowest BCUT2D eigenvalue weighted by atomic mass is 10.0. The van der Waals surface area contributed by atoms with Crippen molar-refractivity contribution in [2.75, 3.05) is 6.61 Å². The first kappa shape index (κ1) is 46.2. The van der Waals surface area contributed by atoms with Crippen molar-refractivity contribution in [1.29, 1.82) is 0 Å². The molecule has 0 aliphatic heterocycles. The minimum absolute atomic E-state index is 0.734. The fourth-order valence-electron chi connectivity index (χ4n) is 9.51. The third-order valence-electron chi connectivity index (χ3n) is 12.9. The number of ether oxygens (including phenoxy) is 1. The van der Waals surface area contributed by atoms with Crippen LogP contribution < -0.4 is 36.6 Å². The topological polar surface area (TPSA) is 9.23 Å². The molecule has 0 N–H and O–H groups in total. The van der Waals surface area contributed by atoms with Gasteiger partial charge in [-0.1, -0.05) is 212 Å². The lowest BCUT2D eigenvalue weighted by Gasteiger charge is -2.29. The summed E-state index contributed by atoms with van der Waals surface area (Å²) < 4.78 is 7.10. The zero-order valence-electron chi connectivity index (χ0n) is 37.9. The molecule has 0 aliphatic rings. The molecule has 0 saturated heterocycles. The van der Waals surface area contributed by atoms with Crippen molar-refractivity contribution in [2.24, 2.45) is 0 Å². The number of unbranched alkanes of at least 4 members (excludes halogenated alkanes) is 13. The lowest BCUT2D eigenvalue weighted by molar-refractivity contribution is 0.302. The van der Waals surface area contributed by atoms with Crippen molar-refractivity contribution in [3.8, 4) is 5.75 Å². The van der Waals surface area contributed by atoms with Crippen LogP contribution in [0.25, 0.3) is 0 Å². The van der Waals surface area contributed by atoms with Gasteiger partial charge in [0.15, 0.2) is 0 Å². The normalized spacial score (nSPS) is 11.7. The number of benzene rings is 7. The van der Waals surface area contributed by atoms with E-state index in [4.69, 9.17) is 4.74 Å². The van der Waals surface area contributed by atoms with E-state index in [0.29, 0.717) is 0 Å². The maximum absolute atomic E-state index is 7.10.